The quantitative estimate of drug-likeness (QED) is 0.380. The zero-order valence-electron chi connectivity index (χ0n) is 7.74. The van der Waals surface area contributed by atoms with Crippen LogP contribution in [0, 0.1) is 0 Å². The minimum Gasteiger partial charge on any atom is -0.211 e. The van der Waals surface area contributed by atoms with Crippen molar-refractivity contribution >= 4 is 41.8 Å². The molecule has 0 aromatic heterocycles. The second-order valence-corrected chi connectivity index (χ2v) is 4.77. The van der Waals surface area contributed by atoms with Gasteiger partial charge < -0.3 is 0 Å². The van der Waals surface area contributed by atoms with Gasteiger partial charge in [-0.05, 0) is 6.92 Å². The van der Waals surface area contributed by atoms with Gasteiger partial charge in [-0.15, -0.1) is 0 Å². The molecule has 2 atom stereocenters. The summed E-state index contributed by atoms with van der Waals surface area (Å²) in [6, 6.07) is 0. The van der Waals surface area contributed by atoms with Gasteiger partial charge in [0.05, 0.1) is 5.88 Å². The Labute approximate surface area is 94.3 Å². The fourth-order valence-corrected chi connectivity index (χ4v) is 2.45. The maximum Gasteiger partial charge on any atom is 0.236 e. The number of hydrogen-bond acceptors (Lipinski definition) is 8. The van der Waals surface area contributed by atoms with Crippen molar-refractivity contribution in [2.75, 3.05) is 5.88 Å². The predicted molar refractivity (Wildman–Crippen MR) is 57.7 cm³/mol. The molecular weight excluding hydrogens is 238 g/mol. The normalized spacial score (nSPS) is 12.6. The molecule has 2 unspecified atom stereocenters. The van der Waals surface area contributed by atoms with Crippen molar-refractivity contribution in [1.82, 2.24) is 0 Å². The molecular formula is C7H7N3O3S2. The number of aliphatic imine (C=N–C) groups is 3. The first-order valence-electron chi connectivity index (χ1n) is 3.69. The van der Waals surface area contributed by atoms with E-state index in [0.29, 0.717) is 0 Å². The van der Waals surface area contributed by atoms with E-state index < -0.39 is 4.71 Å². The zero-order valence-corrected chi connectivity index (χ0v) is 9.38. The number of isocyanates is 3. The van der Waals surface area contributed by atoms with Crippen LogP contribution >= 0.6 is 23.5 Å². The minimum atomic E-state index is -0.494. The summed E-state index contributed by atoms with van der Waals surface area (Å²) in [4.78, 5) is 39.9. The van der Waals surface area contributed by atoms with Gasteiger partial charge in [0.1, 0.15) is 5.37 Å². The Balaban J connectivity index is 4.19. The predicted octanol–water partition coefficient (Wildman–Crippen LogP) is 1.05. The van der Waals surface area contributed by atoms with E-state index in [1.54, 1.807) is 6.92 Å². The summed E-state index contributed by atoms with van der Waals surface area (Å²) >= 11 is 2.30. The average Bonchev–Trinajstić information content (AvgIpc) is 2.18. The van der Waals surface area contributed by atoms with Gasteiger partial charge in [-0.1, -0.05) is 23.5 Å². The first kappa shape index (κ1) is 13.8. The van der Waals surface area contributed by atoms with Gasteiger partial charge in [0.2, 0.25) is 18.2 Å². The molecule has 0 saturated carbocycles. The van der Waals surface area contributed by atoms with Crippen LogP contribution in [-0.4, -0.2) is 34.2 Å². The summed E-state index contributed by atoms with van der Waals surface area (Å²) in [6.45, 7) is 1.66. The summed E-state index contributed by atoms with van der Waals surface area (Å²) in [6.07, 6.45) is 4.16. The molecule has 0 radical (unpaired) electrons. The first-order chi connectivity index (χ1) is 7.24. The zero-order chi connectivity index (χ0) is 11.5. The minimum absolute atomic E-state index is 0.143. The van der Waals surface area contributed by atoms with Gasteiger partial charge in [0.15, 0.2) is 4.71 Å². The van der Waals surface area contributed by atoms with Crippen molar-refractivity contribution in [2.24, 2.45) is 15.0 Å². The van der Waals surface area contributed by atoms with Crippen LogP contribution in [0.3, 0.4) is 0 Å². The van der Waals surface area contributed by atoms with Gasteiger partial charge in [-0.3, -0.25) is 0 Å². The Bertz CT molecular complexity index is 330. The molecule has 0 aliphatic heterocycles. The third-order valence-corrected chi connectivity index (χ3v) is 3.30. The molecule has 0 aromatic rings. The number of hydrogen-bond donors (Lipinski definition) is 0. The third kappa shape index (κ3) is 7.88. The van der Waals surface area contributed by atoms with E-state index in [-0.39, 0.29) is 11.3 Å². The van der Waals surface area contributed by atoms with Crippen molar-refractivity contribution in [3.8, 4) is 0 Å². The smallest absolute Gasteiger partial charge is 0.211 e. The summed E-state index contributed by atoms with van der Waals surface area (Å²) < 4.78 is -0.494. The number of thioether (sulfide) groups is 2. The van der Waals surface area contributed by atoms with Crippen LogP contribution in [0.4, 0.5) is 0 Å². The molecule has 0 saturated heterocycles. The lowest BCUT2D eigenvalue weighted by molar-refractivity contribution is 0.562. The third-order valence-electron chi connectivity index (χ3n) is 1.05. The van der Waals surface area contributed by atoms with Crippen LogP contribution in [-0.2, 0) is 14.4 Å². The molecule has 0 amide bonds. The Hall–Kier alpha value is -1.16. The first-order valence-corrected chi connectivity index (χ1v) is 5.68. The lowest BCUT2D eigenvalue weighted by atomic mass is 10.8. The topological polar surface area (TPSA) is 88.3 Å². The Morgan fingerprint density at radius 3 is 2.33 bits per heavy atom. The molecule has 0 aliphatic rings. The molecule has 8 heteroatoms. The van der Waals surface area contributed by atoms with E-state index >= 15 is 0 Å². The van der Waals surface area contributed by atoms with Gasteiger partial charge in [-0.2, -0.15) is 15.0 Å². The van der Waals surface area contributed by atoms with Crippen LogP contribution in [0.15, 0.2) is 15.0 Å². The Kier molecular flexibility index (Phi) is 8.67. The molecule has 0 aliphatic carbocycles. The van der Waals surface area contributed by atoms with Gasteiger partial charge in [-0.25, -0.2) is 14.4 Å². The van der Waals surface area contributed by atoms with E-state index in [9.17, 15) is 14.4 Å². The lowest BCUT2D eigenvalue weighted by Gasteiger charge is -2.09. The average molecular weight is 245 g/mol. The van der Waals surface area contributed by atoms with E-state index in [0.717, 1.165) is 23.5 Å². The molecule has 0 heterocycles. The summed E-state index contributed by atoms with van der Waals surface area (Å²) in [5.74, 6) is 0.143. The SMILES string of the molecule is CC(N=C=O)SC(N=C=O)SCN=C=O. The molecule has 0 aromatic carbocycles. The maximum atomic E-state index is 10.1. The Morgan fingerprint density at radius 1 is 1.13 bits per heavy atom. The molecule has 0 N–H and O–H groups in total. The van der Waals surface area contributed by atoms with Crippen molar-refractivity contribution in [3.63, 3.8) is 0 Å². The molecule has 15 heavy (non-hydrogen) atoms. The van der Waals surface area contributed by atoms with Crippen molar-refractivity contribution in [3.05, 3.63) is 0 Å². The van der Waals surface area contributed by atoms with Crippen LogP contribution in [0.5, 0.6) is 0 Å². The van der Waals surface area contributed by atoms with Gasteiger partial charge in [0, 0.05) is 0 Å². The monoisotopic (exact) mass is 245 g/mol. The fourth-order valence-electron chi connectivity index (χ4n) is 0.551. The van der Waals surface area contributed by atoms with Crippen LogP contribution in [0.25, 0.3) is 0 Å². The highest BCUT2D eigenvalue weighted by Crippen LogP contribution is 2.28. The van der Waals surface area contributed by atoms with Gasteiger partial charge >= 0.3 is 0 Å². The van der Waals surface area contributed by atoms with Crippen LogP contribution in [0.1, 0.15) is 6.92 Å². The molecule has 0 bridgehead atoms. The van der Waals surface area contributed by atoms with Crippen LogP contribution < -0.4 is 0 Å². The highest BCUT2D eigenvalue weighted by Gasteiger charge is 2.12. The van der Waals surface area contributed by atoms with Crippen LogP contribution in [0.2, 0.25) is 0 Å². The molecule has 0 rings (SSSR count). The van der Waals surface area contributed by atoms with E-state index in [1.807, 2.05) is 0 Å². The largest absolute Gasteiger partial charge is 0.236 e. The molecule has 0 spiro atoms. The number of nitrogens with zero attached hydrogens (tertiary/aromatic N) is 3. The summed E-state index contributed by atoms with van der Waals surface area (Å²) in [7, 11) is 0. The molecule has 80 valence electrons. The van der Waals surface area contributed by atoms with E-state index in [4.69, 9.17) is 0 Å². The standard InChI is InChI=1S/C7H7N3O3S2/c1-6(9-3-12)15-7(10-4-13)14-5-8-2-11/h6-7H,5H2,1H3. The van der Waals surface area contributed by atoms with E-state index in [1.165, 1.54) is 18.2 Å². The number of carbonyl (C=O) groups excluding carboxylic acids is 3. The maximum absolute atomic E-state index is 10.1. The molecule has 6 nitrogen and oxygen atoms in total. The highest BCUT2D eigenvalue weighted by molar-refractivity contribution is 8.17. The summed E-state index contributed by atoms with van der Waals surface area (Å²) in [5.41, 5.74) is 0. The van der Waals surface area contributed by atoms with Crippen molar-refractivity contribution in [1.29, 1.82) is 0 Å². The molecule has 0 fully saturated rings. The van der Waals surface area contributed by atoms with Gasteiger partial charge in [0.25, 0.3) is 0 Å². The second-order valence-electron chi connectivity index (χ2n) is 2.03. The lowest BCUT2D eigenvalue weighted by Crippen LogP contribution is -2.00. The Morgan fingerprint density at radius 2 is 1.80 bits per heavy atom. The highest BCUT2D eigenvalue weighted by atomic mass is 32.2. The van der Waals surface area contributed by atoms with Crippen molar-refractivity contribution < 1.29 is 14.4 Å². The number of rotatable bonds is 7. The summed E-state index contributed by atoms with van der Waals surface area (Å²) in [5, 5.41) is -0.364. The van der Waals surface area contributed by atoms with E-state index in [2.05, 4.69) is 15.0 Å². The fraction of sp³-hybridized carbons (Fsp3) is 0.571. The second kappa shape index (κ2) is 9.40. The van der Waals surface area contributed by atoms with Crippen molar-refractivity contribution in [2.45, 2.75) is 17.0 Å².